The highest BCUT2D eigenvalue weighted by Crippen LogP contribution is 2.28. The third kappa shape index (κ3) is 4.16. The molecule has 1 atom stereocenters. The Bertz CT molecular complexity index is 776. The van der Waals surface area contributed by atoms with Crippen LogP contribution in [0, 0.1) is 6.92 Å². The van der Waals surface area contributed by atoms with Crippen LogP contribution in [0.2, 0.25) is 0 Å². The highest BCUT2D eigenvalue weighted by molar-refractivity contribution is 7.84. The molecule has 0 bridgehead atoms. The largest absolute Gasteiger partial charge is 0.433 e. The predicted octanol–water partition coefficient (Wildman–Crippen LogP) is 3.40. The first kappa shape index (κ1) is 17.1. The fourth-order valence-corrected chi connectivity index (χ4v) is 2.47. The quantitative estimate of drug-likeness (QED) is 0.930. The zero-order chi connectivity index (χ0) is 17.2. The van der Waals surface area contributed by atoms with Crippen LogP contribution in [0.4, 0.5) is 18.9 Å². The Hall–Kier alpha value is -2.22. The maximum Gasteiger partial charge on any atom is 0.433 e. The van der Waals surface area contributed by atoms with Crippen molar-refractivity contribution in [2.24, 2.45) is 0 Å². The van der Waals surface area contributed by atoms with Crippen LogP contribution in [0.15, 0.2) is 41.3 Å². The van der Waals surface area contributed by atoms with Gasteiger partial charge < -0.3 is 5.32 Å². The lowest BCUT2D eigenvalue weighted by atomic mass is 10.1. The van der Waals surface area contributed by atoms with E-state index in [1.165, 1.54) is 13.2 Å². The number of carbonyl (C=O) groups is 1. The molecule has 2 rings (SSSR count). The van der Waals surface area contributed by atoms with Crippen LogP contribution in [0.25, 0.3) is 0 Å². The standard InChI is InChI=1S/C15H13F3N2O2S/c1-9-12(6-7-13(19-9)15(16,17)18)14(21)20-10-4-3-5-11(8-10)23(2)22/h3-8H,1-2H3,(H,20,21). The Balaban J connectivity index is 2.24. The Morgan fingerprint density at radius 1 is 1.22 bits per heavy atom. The topological polar surface area (TPSA) is 59.1 Å². The number of benzene rings is 1. The molecule has 0 saturated heterocycles. The summed E-state index contributed by atoms with van der Waals surface area (Å²) in [5, 5.41) is 2.56. The average Bonchev–Trinajstić information content (AvgIpc) is 2.46. The average molecular weight is 342 g/mol. The van der Waals surface area contributed by atoms with E-state index >= 15 is 0 Å². The van der Waals surface area contributed by atoms with Crippen molar-refractivity contribution in [2.75, 3.05) is 11.6 Å². The van der Waals surface area contributed by atoms with Gasteiger partial charge in [0, 0.05) is 27.6 Å². The Kier molecular flexibility index (Phi) is 4.84. The molecular formula is C15H13F3N2O2S. The summed E-state index contributed by atoms with van der Waals surface area (Å²) in [6.45, 7) is 1.33. The van der Waals surface area contributed by atoms with Crippen molar-refractivity contribution in [1.82, 2.24) is 4.98 Å². The molecule has 1 unspecified atom stereocenters. The van der Waals surface area contributed by atoms with E-state index in [0.717, 1.165) is 12.1 Å². The van der Waals surface area contributed by atoms with Crippen molar-refractivity contribution in [3.8, 4) is 0 Å². The van der Waals surface area contributed by atoms with Crippen LogP contribution in [-0.2, 0) is 17.0 Å². The summed E-state index contributed by atoms with van der Waals surface area (Å²) in [5.41, 5.74) is -0.620. The lowest BCUT2D eigenvalue weighted by Gasteiger charge is -2.11. The monoisotopic (exact) mass is 342 g/mol. The fraction of sp³-hybridized carbons (Fsp3) is 0.200. The smallest absolute Gasteiger partial charge is 0.322 e. The van der Waals surface area contributed by atoms with Crippen LogP contribution in [0.3, 0.4) is 0 Å². The summed E-state index contributed by atoms with van der Waals surface area (Å²) in [6.07, 6.45) is -3.05. The van der Waals surface area contributed by atoms with Crippen LogP contribution < -0.4 is 5.32 Å². The second kappa shape index (κ2) is 6.49. The molecule has 0 aliphatic carbocycles. The number of nitrogens with zero attached hydrogens (tertiary/aromatic N) is 1. The summed E-state index contributed by atoms with van der Waals surface area (Å²) in [4.78, 5) is 16.1. The normalized spacial score (nSPS) is 12.7. The van der Waals surface area contributed by atoms with E-state index in [0.29, 0.717) is 10.6 Å². The molecule has 1 amide bonds. The molecule has 0 radical (unpaired) electrons. The van der Waals surface area contributed by atoms with Crippen molar-refractivity contribution < 1.29 is 22.2 Å². The van der Waals surface area contributed by atoms with Crippen LogP contribution in [-0.4, -0.2) is 21.4 Å². The minimum atomic E-state index is -4.56. The second-order valence-electron chi connectivity index (χ2n) is 4.76. The second-order valence-corrected chi connectivity index (χ2v) is 6.14. The van der Waals surface area contributed by atoms with Crippen molar-refractivity contribution in [1.29, 1.82) is 0 Å². The van der Waals surface area contributed by atoms with E-state index in [9.17, 15) is 22.2 Å². The summed E-state index contributed by atoms with van der Waals surface area (Å²) in [7, 11) is -1.20. The minimum Gasteiger partial charge on any atom is -0.322 e. The van der Waals surface area contributed by atoms with Gasteiger partial charge >= 0.3 is 6.18 Å². The summed E-state index contributed by atoms with van der Waals surface area (Å²) < 4.78 is 49.1. The first-order valence-corrected chi connectivity index (χ1v) is 8.04. The number of carbonyl (C=O) groups excluding carboxylic acids is 1. The molecule has 1 aromatic carbocycles. The van der Waals surface area contributed by atoms with Crippen LogP contribution in [0.5, 0.6) is 0 Å². The van der Waals surface area contributed by atoms with Gasteiger partial charge in [0.2, 0.25) is 0 Å². The van der Waals surface area contributed by atoms with Gasteiger partial charge in [-0.25, -0.2) is 4.98 Å². The molecule has 122 valence electrons. The van der Waals surface area contributed by atoms with E-state index in [-0.39, 0.29) is 11.3 Å². The number of hydrogen-bond donors (Lipinski definition) is 1. The van der Waals surface area contributed by atoms with Gasteiger partial charge in [0.05, 0.1) is 11.3 Å². The number of hydrogen-bond acceptors (Lipinski definition) is 3. The Morgan fingerprint density at radius 3 is 2.48 bits per heavy atom. The highest BCUT2D eigenvalue weighted by Gasteiger charge is 2.33. The number of nitrogens with one attached hydrogen (secondary N) is 1. The number of alkyl halides is 3. The van der Waals surface area contributed by atoms with Crippen molar-refractivity contribution in [3.05, 3.63) is 53.3 Å². The third-order valence-corrected chi connectivity index (χ3v) is 3.96. The van der Waals surface area contributed by atoms with E-state index in [1.54, 1.807) is 24.3 Å². The molecule has 1 aromatic heterocycles. The number of halogens is 3. The molecule has 1 heterocycles. The van der Waals surface area contributed by atoms with Crippen molar-refractivity contribution >= 4 is 22.4 Å². The number of aryl methyl sites for hydroxylation is 1. The van der Waals surface area contributed by atoms with Gasteiger partial charge in [-0.15, -0.1) is 0 Å². The van der Waals surface area contributed by atoms with Crippen LogP contribution >= 0.6 is 0 Å². The van der Waals surface area contributed by atoms with Gasteiger partial charge in [0.25, 0.3) is 5.91 Å². The Morgan fingerprint density at radius 2 is 1.91 bits per heavy atom. The van der Waals surface area contributed by atoms with E-state index < -0.39 is 28.6 Å². The minimum absolute atomic E-state index is 0.0208. The van der Waals surface area contributed by atoms with Crippen LogP contribution in [0.1, 0.15) is 21.7 Å². The molecular weight excluding hydrogens is 329 g/mol. The van der Waals surface area contributed by atoms with Gasteiger partial charge in [0.15, 0.2) is 0 Å². The van der Waals surface area contributed by atoms with Crippen molar-refractivity contribution in [3.63, 3.8) is 0 Å². The fourth-order valence-electron chi connectivity index (χ4n) is 1.91. The van der Waals surface area contributed by atoms with Gasteiger partial charge in [0.1, 0.15) is 5.69 Å². The zero-order valence-electron chi connectivity index (χ0n) is 12.3. The van der Waals surface area contributed by atoms with E-state index in [4.69, 9.17) is 0 Å². The predicted molar refractivity (Wildman–Crippen MR) is 80.7 cm³/mol. The van der Waals surface area contributed by atoms with Gasteiger partial charge in [-0.1, -0.05) is 6.07 Å². The number of aromatic nitrogens is 1. The maximum absolute atomic E-state index is 12.6. The lowest BCUT2D eigenvalue weighted by molar-refractivity contribution is -0.141. The number of rotatable bonds is 3. The first-order chi connectivity index (χ1) is 10.7. The maximum atomic E-state index is 12.6. The highest BCUT2D eigenvalue weighted by atomic mass is 32.2. The molecule has 1 N–H and O–H groups in total. The SMILES string of the molecule is Cc1nc(C(F)(F)F)ccc1C(=O)Nc1cccc(S(C)=O)c1. The molecule has 2 aromatic rings. The molecule has 0 spiro atoms. The summed E-state index contributed by atoms with van der Waals surface area (Å²) >= 11 is 0. The number of anilines is 1. The third-order valence-electron chi connectivity index (χ3n) is 3.04. The zero-order valence-corrected chi connectivity index (χ0v) is 13.1. The summed E-state index contributed by atoms with van der Waals surface area (Å²) in [5.74, 6) is -0.581. The molecule has 0 aliphatic heterocycles. The molecule has 0 saturated carbocycles. The lowest BCUT2D eigenvalue weighted by Crippen LogP contribution is -2.16. The number of amides is 1. The number of pyridine rings is 1. The first-order valence-electron chi connectivity index (χ1n) is 6.48. The van der Waals surface area contributed by atoms with Gasteiger partial charge in [-0.2, -0.15) is 13.2 Å². The van der Waals surface area contributed by atoms with Crippen molar-refractivity contribution in [2.45, 2.75) is 18.0 Å². The molecule has 23 heavy (non-hydrogen) atoms. The van der Waals surface area contributed by atoms with E-state index in [1.807, 2.05) is 0 Å². The summed E-state index contributed by atoms with van der Waals surface area (Å²) in [6, 6.07) is 8.27. The molecule has 0 fully saturated rings. The van der Waals surface area contributed by atoms with Gasteiger partial charge in [-0.3, -0.25) is 9.00 Å². The Labute approximate surface area is 133 Å². The van der Waals surface area contributed by atoms with E-state index in [2.05, 4.69) is 10.3 Å². The van der Waals surface area contributed by atoms with Gasteiger partial charge in [-0.05, 0) is 37.3 Å². The molecule has 4 nitrogen and oxygen atoms in total. The molecule has 8 heteroatoms. The molecule has 0 aliphatic rings.